The highest BCUT2D eigenvalue weighted by atomic mass is 16.2. The van der Waals surface area contributed by atoms with Crippen molar-refractivity contribution in [1.29, 1.82) is 0 Å². The Kier molecular flexibility index (Phi) is 5.31. The maximum atomic E-state index is 13.3. The highest BCUT2D eigenvalue weighted by Crippen LogP contribution is 2.27. The molecule has 1 atom stereocenters. The van der Waals surface area contributed by atoms with Gasteiger partial charge in [0.2, 0.25) is 5.91 Å². The predicted octanol–water partition coefficient (Wildman–Crippen LogP) is 3.84. The lowest BCUT2D eigenvalue weighted by Crippen LogP contribution is -2.48. The molecule has 2 heterocycles. The molecular formula is C22H31N3O2. The van der Waals surface area contributed by atoms with Gasteiger partial charge in [-0.3, -0.25) is 9.59 Å². The first-order valence-corrected chi connectivity index (χ1v) is 9.89. The molecule has 0 saturated carbocycles. The molecule has 1 aromatic heterocycles. The van der Waals surface area contributed by atoms with Crippen LogP contribution in [-0.4, -0.2) is 40.8 Å². The summed E-state index contributed by atoms with van der Waals surface area (Å²) in [4.78, 5) is 30.8. The van der Waals surface area contributed by atoms with Crippen molar-refractivity contribution >= 4 is 22.7 Å². The third-order valence-corrected chi connectivity index (χ3v) is 5.23. The largest absolute Gasteiger partial charge is 0.354 e. The van der Waals surface area contributed by atoms with E-state index in [2.05, 4.69) is 63.1 Å². The number of aromatic nitrogens is 1. The highest BCUT2D eigenvalue weighted by molar-refractivity contribution is 6.00. The fourth-order valence-electron chi connectivity index (χ4n) is 3.66. The van der Waals surface area contributed by atoms with Crippen molar-refractivity contribution in [2.75, 3.05) is 13.1 Å². The van der Waals surface area contributed by atoms with E-state index < -0.39 is 6.04 Å². The van der Waals surface area contributed by atoms with Gasteiger partial charge in [-0.05, 0) is 41.9 Å². The molecular weight excluding hydrogens is 338 g/mol. The number of nitrogens with one attached hydrogen (secondary N) is 2. The van der Waals surface area contributed by atoms with Crippen molar-refractivity contribution < 1.29 is 9.59 Å². The van der Waals surface area contributed by atoms with E-state index in [9.17, 15) is 9.59 Å². The number of hydrogen-bond donors (Lipinski definition) is 2. The normalized spacial score (nSPS) is 18.7. The maximum absolute atomic E-state index is 13.3. The van der Waals surface area contributed by atoms with E-state index in [1.165, 1.54) is 5.56 Å². The molecule has 27 heavy (non-hydrogen) atoms. The molecule has 0 aliphatic carbocycles. The van der Waals surface area contributed by atoms with Gasteiger partial charge in [-0.25, -0.2) is 0 Å². The Hall–Kier alpha value is -2.30. The fourth-order valence-corrected chi connectivity index (χ4v) is 3.66. The van der Waals surface area contributed by atoms with E-state index >= 15 is 0 Å². The molecule has 1 aliphatic rings. The molecule has 0 bridgehead atoms. The Labute approximate surface area is 161 Å². The average Bonchev–Trinajstić information content (AvgIpc) is 2.93. The van der Waals surface area contributed by atoms with Gasteiger partial charge in [-0.1, -0.05) is 46.8 Å². The van der Waals surface area contributed by atoms with E-state index in [1.807, 2.05) is 6.07 Å². The standard InChI is InChI=1S/C22H31N3O2/c1-14(2)11-19-20(26)23-9-6-10-25(19)21(27)18-12-15-7-8-16(22(3,4)5)13-17(15)24-18/h7-8,12-14,19,24H,6,9-11H2,1-5H3,(H,23,26). The van der Waals surface area contributed by atoms with Crippen molar-refractivity contribution in [3.63, 3.8) is 0 Å². The lowest BCUT2D eigenvalue weighted by atomic mass is 9.87. The van der Waals surface area contributed by atoms with Crippen molar-refractivity contribution in [2.45, 2.75) is 58.9 Å². The monoisotopic (exact) mass is 369 g/mol. The summed E-state index contributed by atoms with van der Waals surface area (Å²) < 4.78 is 0. The van der Waals surface area contributed by atoms with E-state index in [-0.39, 0.29) is 17.2 Å². The van der Waals surface area contributed by atoms with E-state index in [0.717, 1.165) is 17.3 Å². The van der Waals surface area contributed by atoms with Crippen molar-refractivity contribution in [2.24, 2.45) is 5.92 Å². The molecule has 0 radical (unpaired) electrons. The van der Waals surface area contributed by atoms with Gasteiger partial charge in [0.15, 0.2) is 0 Å². The van der Waals surface area contributed by atoms with Gasteiger partial charge in [-0.15, -0.1) is 0 Å². The number of aromatic amines is 1. The summed E-state index contributed by atoms with van der Waals surface area (Å²) in [5.74, 6) is 0.207. The second-order valence-electron chi connectivity index (χ2n) is 9.02. The summed E-state index contributed by atoms with van der Waals surface area (Å²) in [7, 11) is 0. The molecule has 5 heteroatoms. The minimum absolute atomic E-state index is 0.0410. The molecule has 2 N–H and O–H groups in total. The minimum Gasteiger partial charge on any atom is -0.354 e. The Balaban J connectivity index is 1.94. The summed E-state index contributed by atoms with van der Waals surface area (Å²) in [6, 6.07) is 7.79. The van der Waals surface area contributed by atoms with Crippen LogP contribution in [0.2, 0.25) is 0 Å². The number of amides is 2. The Morgan fingerprint density at radius 3 is 2.67 bits per heavy atom. The van der Waals surface area contributed by atoms with Crippen LogP contribution in [0.3, 0.4) is 0 Å². The molecule has 3 rings (SSSR count). The summed E-state index contributed by atoms with van der Waals surface area (Å²) >= 11 is 0. The zero-order chi connectivity index (χ0) is 19.8. The van der Waals surface area contributed by atoms with E-state index in [1.54, 1.807) is 4.90 Å². The van der Waals surface area contributed by atoms with Crippen molar-refractivity contribution in [1.82, 2.24) is 15.2 Å². The SMILES string of the molecule is CC(C)CC1C(=O)NCCCN1C(=O)c1cc2ccc(C(C)(C)C)cc2[nH]1. The lowest BCUT2D eigenvalue weighted by Gasteiger charge is -2.29. The number of H-pyrrole nitrogens is 1. The van der Waals surface area contributed by atoms with Crippen molar-refractivity contribution in [3.05, 3.63) is 35.5 Å². The number of fused-ring (bicyclic) bond motifs is 1. The van der Waals surface area contributed by atoms with Crippen LogP contribution in [0.15, 0.2) is 24.3 Å². The van der Waals surface area contributed by atoms with Crippen LogP contribution < -0.4 is 5.32 Å². The zero-order valence-corrected chi connectivity index (χ0v) is 17.1. The van der Waals surface area contributed by atoms with Gasteiger partial charge < -0.3 is 15.2 Å². The molecule has 1 fully saturated rings. The minimum atomic E-state index is -0.406. The van der Waals surface area contributed by atoms with Gasteiger partial charge in [0.1, 0.15) is 11.7 Å². The van der Waals surface area contributed by atoms with Gasteiger partial charge in [0, 0.05) is 24.0 Å². The summed E-state index contributed by atoms with van der Waals surface area (Å²) in [6.45, 7) is 11.9. The second-order valence-corrected chi connectivity index (χ2v) is 9.02. The first kappa shape index (κ1) is 19.5. The summed E-state index contributed by atoms with van der Waals surface area (Å²) in [5, 5.41) is 3.96. The molecule has 2 aromatic rings. The Morgan fingerprint density at radius 1 is 1.26 bits per heavy atom. The molecule has 146 valence electrons. The van der Waals surface area contributed by atoms with Crippen LogP contribution in [-0.2, 0) is 10.2 Å². The molecule has 1 aromatic carbocycles. The van der Waals surface area contributed by atoms with Crippen LogP contribution in [0.4, 0.5) is 0 Å². The smallest absolute Gasteiger partial charge is 0.270 e. The fraction of sp³-hybridized carbons (Fsp3) is 0.545. The van der Waals surface area contributed by atoms with E-state index in [0.29, 0.717) is 31.1 Å². The topological polar surface area (TPSA) is 65.2 Å². The molecule has 5 nitrogen and oxygen atoms in total. The number of carbonyl (C=O) groups excluding carboxylic acids is 2. The number of nitrogens with zero attached hydrogens (tertiary/aromatic N) is 1. The van der Waals surface area contributed by atoms with Gasteiger partial charge in [0.25, 0.3) is 5.91 Å². The zero-order valence-electron chi connectivity index (χ0n) is 17.1. The lowest BCUT2D eigenvalue weighted by molar-refractivity contribution is -0.125. The van der Waals surface area contributed by atoms with Gasteiger partial charge in [-0.2, -0.15) is 0 Å². The number of benzene rings is 1. The molecule has 1 saturated heterocycles. The molecule has 0 spiro atoms. The predicted molar refractivity (Wildman–Crippen MR) is 109 cm³/mol. The van der Waals surface area contributed by atoms with Crippen LogP contribution in [0.1, 0.15) is 63.5 Å². The Morgan fingerprint density at radius 2 is 2.00 bits per heavy atom. The van der Waals surface area contributed by atoms with Gasteiger partial charge in [0.05, 0.1) is 0 Å². The molecule has 2 amide bonds. The maximum Gasteiger partial charge on any atom is 0.270 e. The Bertz CT molecular complexity index is 845. The van der Waals surface area contributed by atoms with Crippen LogP contribution >= 0.6 is 0 Å². The van der Waals surface area contributed by atoms with Crippen molar-refractivity contribution in [3.8, 4) is 0 Å². The summed E-state index contributed by atoms with van der Waals surface area (Å²) in [6.07, 6.45) is 1.45. The number of carbonyl (C=O) groups is 2. The van der Waals surface area contributed by atoms with Crippen LogP contribution in [0, 0.1) is 5.92 Å². The average molecular weight is 370 g/mol. The number of hydrogen-bond acceptors (Lipinski definition) is 2. The third-order valence-electron chi connectivity index (χ3n) is 5.23. The third kappa shape index (κ3) is 4.18. The number of rotatable bonds is 3. The summed E-state index contributed by atoms with van der Waals surface area (Å²) in [5.41, 5.74) is 2.79. The molecule has 1 aliphatic heterocycles. The molecule has 1 unspecified atom stereocenters. The van der Waals surface area contributed by atoms with Gasteiger partial charge >= 0.3 is 0 Å². The van der Waals surface area contributed by atoms with E-state index in [4.69, 9.17) is 0 Å². The quantitative estimate of drug-likeness (QED) is 0.863. The first-order chi connectivity index (χ1) is 12.7. The second kappa shape index (κ2) is 7.37. The van der Waals surface area contributed by atoms with Crippen LogP contribution in [0.25, 0.3) is 10.9 Å². The highest BCUT2D eigenvalue weighted by Gasteiger charge is 2.33. The van der Waals surface area contributed by atoms with Crippen LogP contribution in [0.5, 0.6) is 0 Å². The first-order valence-electron chi connectivity index (χ1n) is 9.89.